The fraction of sp³-hybridized carbons (Fsp3) is 0.500. The number of thioether (sulfide) groups is 1. The number of hydrogen-bond acceptors (Lipinski definition) is 3. The molecular weight excluding hydrogens is 268 g/mol. The largest absolute Gasteiger partial charge is 0.286 e. The van der Waals surface area contributed by atoms with Gasteiger partial charge in [-0.3, -0.25) is 14.7 Å². The summed E-state index contributed by atoms with van der Waals surface area (Å²) in [5, 5.41) is 0.936. The fourth-order valence-electron chi connectivity index (χ4n) is 2.78. The van der Waals surface area contributed by atoms with Gasteiger partial charge in [0.2, 0.25) is 5.91 Å². The minimum Gasteiger partial charge on any atom is -0.286 e. The predicted molar refractivity (Wildman–Crippen MR) is 83.8 cm³/mol. The minimum absolute atomic E-state index is 0.188. The average Bonchev–Trinajstić information content (AvgIpc) is 2.83. The van der Waals surface area contributed by atoms with Crippen molar-refractivity contribution in [1.29, 1.82) is 0 Å². The summed E-state index contributed by atoms with van der Waals surface area (Å²) in [5.41, 5.74) is 1.17. The van der Waals surface area contributed by atoms with Crippen molar-refractivity contribution in [3.05, 3.63) is 35.9 Å². The Kier molecular flexibility index (Phi) is 4.41. The zero-order chi connectivity index (χ0) is 13.8. The van der Waals surface area contributed by atoms with E-state index in [0.717, 1.165) is 5.17 Å². The highest BCUT2D eigenvalue weighted by Gasteiger charge is 2.29. The van der Waals surface area contributed by atoms with Crippen molar-refractivity contribution in [3.63, 3.8) is 0 Å². The maximum Gasteiger partial charge on any atom is 0.239 e. The summed E-state index contributed by atoms with van der Waals surface area (Å²) in [6.45, 7) is 0.651. The molecule has 0 spiro atoms. The van der Waals surface area contributed by atoms with Crippen LogP contribution in [0.25, 0.3) is 0 Å². The summed E-state index contributed by atoms with van der Waals surface area (Å²) in [7, 11) is 0. The van der Waals surface area contributed by atoms with E-state index in [1.165, 1.54) is 37.7 Å². The first kappa shape index (κ1) is 13.7. The van der Waals surface area contributed by atoms with Crippen molar-refractivity contribution < 1.29 is 4.79 Å². The summed E-state index contributed by atoms with van der Waals surface area (Å²) in [4.78, 5) is 18.8. The molecule has 2 aliphatic rings. The summed E-state index contributed by atoms with van der Waals surface area (Å²) < 4.78 is 0. The van der Waals surface area contributed by atoms with Gasteiger partial charge < -0.3 is 0 Å². The lowest BCUT2D eigenvalue weighted by Crippen LogP contribution is -2.30. The van der Waals surface area contributed by atoms with Gasteiger partial charge in [-0.15, -0.1) is 0 Å². The Morgan fingerprint density at radius 1 is 1.15 bits per heavy atom. The van der Waals surface area contributed by atoms with Gasteiger partial charge in [-0.1, -0.05) is 61.4 Å². The monoisotopic (exact) mass is 288 g/mol. The molecule has 106 valence electrons. The lowest BCUT2D eigenvalue weighted by atomic mass is 9.96. The van der Waals surface area contributed by atoms with Crippen LogP contribution in [0.4, 0.5) is 0 Å². The Morgan fingerprint density at radius 2 is 1.90 bits per heavy atom. The summed E-state index contributed by atoms with van der Waals surface area (Å²) >= 11 is 1.60. The van der Waals surface area contributed by atoms with Crippen LogP contribution in [0, 0.1) is 0 Å². The maximum atomic E-state index is 12.1. The molecule has 3 rings (SSSR count). The number of carbonyl (C=O) groups is 1. The van der Waals surface area contributed by atoms with Gasteiger partial charge in [0, 0.05) is 0 Å². The summed E-state index contributed by atoms with van der Waals surface area (Å²) in [5.74, 6) is 0.728. The predicted octanol–water partition coefficient (Wildman–Crippen LogP) is 3.45. The van der Waals surface area contributed by atoms with Crippen molar-refractivity contribution in [1.82, 2.24) is 4.90 Å². The third-order valence-electron chi connectivity index (χ3n) is 3.91. The molecule has 1 aliphatic carbocycles. The highest BCUT2D eigenvalue weighted by Crippen LogP contribution is 2.26. The molecule has 2 fully saturated rings. The first-order valence-electron chi connectivity index (χ1n) is 7.38. The molecule has 1 aromatic carbocycles. The molecule has 1 heterocycles. The van der Waals surface area contributed by atoms with E-state index in [9.17, 15) is 4.79 Å². The van der Waals surface area contributed by atoms with Crippen LogP contribution < -0.4 is 0 Å². The Balaban J connectivity index is 1.73. The molecule has 1 amide bonds. The second-order valence-corrected chi connectivity index (χ2v) is 6.40. The number of carbonyl (C=O) groups excluding carboxylic acids is 1. The van der Waals surface area contributed by atoms with Crippen molar-refractivity contribution in [2.75, 3.05) is 5.75 Å². The molecule has 0 unspecified atom stereocenters. The molecule has 0 atom stereocenters. The second kappa shape index (κ2) is 6.44. The molecule has 20 heavy (non-hydrogen) atoms. The van der Waals surface area contributed by atoms with Crippen molar-refractivity contribution >= 4 is 22.8 Å². The van der Waals surface area contributed by atoms with Crippen LogP contribution in [0.5, 0.6) is 0 Å². The number of nitrogens with zero attached hydrogens (tertiary/aromatic N) is 2. The Hall–Kier alpha value is -1.29. The smallest absolute Gasteiger partial charge is 0.239 e. The topological polar surface area (TPSA) is 32.7 Å². The molecule has 1 saturated heterocycles. The second-order valence-electron chi connectivity index (χ2n) is 5.46. The van der Waals surface area contributed by atoms with Crippen LogP contribution in [0.3, 0.4) is 0 Å². The number of aliphatic imine (C=N–C) groups is 1. The van der Waals surface area contributed by atoms with Crippen LogP contribution in [-0.2, 0) is 11.3 Å². The van der Waals surface area contributed by atoms with E-state index in [4.69, 9.17) is 4.99 Å². The fourth-order valence-corrected chi connectivity index (χ4v) is 3.74. The van der Waals surface area contributed by atoms with Crippen molar-refractivity contribution in [3.8, 4) is 0 Å². The van der Waals surface area contributed by atoms with Gasteiger partial charge in [0.05, 0.1) is 18.3 Å². The van der Waals surface area contributed by atoms with Crippen LogP contribution in [0.15, 0.2) is 35.3 Å². The highest BCUT2D eigenvalue weighted by molar-refractivity contribution is 8.15. The van der Waals surface area contributed by atoms with E-state index >= 15 is 0 Å². The maximum absolute atomic E-state index is 12.1. The zero-order valence-electron chi connectivity index (χ0n) is 11.6. The number of hydrogen-bond donors (Lipinski definition) is 0. The first-order valence-corrected chi connectivity index (χ1v) is 8.36. The molecule has 0 aromatic heterocycles. The van der Waals surface area contributed by atoms with E-state index < -0.39 is 0 Å². The zero-order valence-corrected chi connectivity index (χ0v) is 12.4. The van der Waals surface area contributed by atoms with E-state index in [1.54, 1.807) is 11.8 Å². The lowest BCUT2D eigenvalue weighted by Gasteiger charge is -2.21. The molecule has 0 bridgehead atoms. The average molecular weight is 288 g/mol. The number of rotatable bonds is 3. The van der Waals surface area contributed by atoms with Crippen LogP contribution >= 0.6 is 11.8 Å². The van der Waals surface area contributed by atoms with E-state index in [2.05, 4.69) is 12.1 Å². The minimum atomic E-state index is 0.188. The molecule has 1 aliphatic heterocycles. The molecule has 0 N–H and O–H groups in total. The van der Waals surface area contributed by atoms with Gasteiger partial charge in [-0.25, -0.2) is 0 Å². The standard InChI is InChI=1S/C16H20N2OS/c19-15-12-20-16(17-14-9-5-2-6-10-14)18(15)11-13-7-3-1-4-8-13/h1,3-4,7-8,14H,2,5-6,9-12H2. The van der Waals surface area contributed by atoms with Crippen LogP contribution in [-0.4, -0.2) is 27.8 Å². The van der Waals surface area contributed by atoms with E-state index in [1.807, 2.05) is 23.1 Å². The van der Waals surface area contributed by atoms with E-state index in [0.29, 0.717) is 18.3 Å². The van der Waals surface area contributed by atoms with Crippen molar-refractivity contribution in [2.45, 2.75) is 44.7 Å². The van der Waals surface area contributed by atoms with Crippen LogP contribution in [0.2, 0.25) is 0 Å². The molecule has 1 aromatic rings. The Bertz CT molecular complexity index is 494. The van der Waals surface area contributed by atoms with Gasteiger partial charge in [0.15, 0.2) is 5.17 Å². The van der Waals surface area contributed by atoms with Gasteiger partial charge in [-0.2, -0.15) is 0 Å². The number of amidine groups is 1. The van der Waals surface area contributed by atoms with Gasteiger partial charge >= 0.3 is 0 Å². The first-order chi connectivity index (χ1) is 9.83. The highest BCUT2D eigenvalue weighted by atomic mass is 32.2. The van der Waals surface area contributed by atoms with E-state index in [-0.39, 0.29) is 5.91 Å². The molecule has 1 saturated carbocycles. The molecule has 4 heteroatoms. The van der Waals surface area contributed by atoms with Gasteiger partial charge in [0.1, 0.15) is 0 Å². The summed E-state index contributed by atoms with van der Waals surface area (Å²) in [6, 6.07) is 10.6. The van der Waals surface area contributed by atoms with Gasteiger partial charge in [-0.05, 0) is 18.4 Å². The van der Waals surface area contributed by atoms with Crippen molar-refractivity contribution in [2.24, 2.45) is 4.99 Å². The normalized spacial score (nSPS) is 22.7. The molecular formula is C16H20N2OS. The number of amides is 1. The Labute approximate surface area is 124 Å². The van der Waals surface area contributed by atoms with Crippen LogP contribution in [0.1, 0.15) is 37.7 Å². The Morgan fingerprint density at radius 3 is 2.65 bits per heavy atom. The summed E-state index contributed by atoms with van der Waals surface area (Å²) in [6.07, 6.45) is 6.24. The third kappa shape index (κ3) is 3.23. The number of benzene rings is 1. The quantitative estimate of drug-likeness (QED) is 0.853. The third-order valence-corrected chi connectivity index (χ3v) is 4.88. The molecule has 3 nitrogen and oxygen atoms in total. The van der Waals surface area contributed by atoms with Gasteiger partial charge in [0.25, 0.3) is 0 Å². The lowest BCUT2D eigenvalue weighted by molar-refractivity contribution is -0.124. The molecule has 0 radical (unpaired) electrons. The SMILES string of the molecule is O=C1CSC(=NC2CCCCC2)N1Cc1ccccc1.